The topological polar surface area (TPSA) is 49.4 Å². The monoisotopic (exact) mass is 256 g/mol. The lowest BCUT2D eigenvalue weighted by Crippen LogP contribution is -2.68. The van der Waals surface area contributed by atoms with Crippen LogP contribution in [0.5, 0.6) is 0 Å². The van der Waals surface area contributed by atoms with Crippen molar-refractivity contribution in [3.05, 3.63) is 0 Å². The van der Waals surface area contributed by atoms with E-state index in [0.29, 0.717) is 12.8 Å². The summed E-state index contributed by atoms with van der Waals surface area (Å²) in [5, 5.41) is 2.90. The first-order valence-electron chi connectivity index (χ1n) is 6.33. The molecule has 2 heterocycles. The molecule has 1 N–H and O–H groups in total. The van der Waals surface area contributed by atoms with Crippen LogP contribution in [-0.2, 0) is 9.59 Å². The minimum atomic E-state index is -0.650. The summed E-state index contributed by atoms with van der Waals surface area (Å²) in [6, 6.07) is 0.260. The van der Waals surface area contributed by atoms with Crippen molar-refractivity contribution in [2.45, 2.75) is 44.7 Å². The van der Waals surface area contributed by atoms with E-state index in [2.05, 4.69) is 5.32 Å². The van der Waals surface area contributed by atoms with Gasteiger partial charge >= 0.3 is 0 Å². The number of carbonyl (C=O) groups excluding carboxylic acids is 2. The largest absolute Gasteiger partial charge is 0.340 e. The van der Waals surface area contributed by atoms with E-state index in [4.69, 9.17) is 0 Å². The van der Waals surface area contributed by atoms with Crippen molar-refractivity contribution in [3.8, 4) is 0 Å². The predicted molar refractivity (Wildman–Crippen MR) is 68.9 cm³/mol. The van der Waals surface area contributed by atoms with Crippen LogP contribution in [0.25, 0.3) is 0 Å². The van der Waals surface area contributed by atoms with Gasteiger partial charge in [-0.2, -0.15) is 11.8 Å². The molecule has 2 rings (SSSR count). The zero-order chi connectivity index (χ0) is 12.5. The summed E-state index contributed by atoms with van der Waals surface area (Å²) in [5.41, 5.74) is -0.650. The van der Waals surface area contributed by atoms with Gasteiger partial charge in [-0.3, -0.25) is 9.59 Å². The number of amides is 2. The quantitative estimate of drug-likeness (QED) is 0.820. The highest BCUT2D eigenvalue weighted by molar-refractivity contribution is 7.99. The third-order valence-corrected chi connectivity index (χ3v) is 5.06. The number of hydrogen-bond acceptors (Lipinski definition) is 3. The van der Waals surface area contributed by atoms with Gasteiger partial charge in [-0.15, -0.1) is 0 Å². The minimum Gasteiger partial charge on any atom is -0.340 e. The fraction of sp³-hybridized carbons (Fsp3) is 0.833. The predicted octanol–water partition coefficient (Wildman–Crippen LogP) is 1.01. The number of nitrogens with one attached hydrogen (secondary N) is 1. The van der Waals surface area contributed by atoms with E-state index in [-0.39, 0.29) is 24.4 Å². The molecule has 2 aliphatic heterocycles. The van der Waals surface area contributed by atoms with Crippen molar-refractivity contribution in [2.75, 3.05) is 18.1 Å². The fourth-order valence-corrected chi connectivity index (χ4v) is 3.88. The maximum Gasteiger partial charge on any atom is 0.249 e. The Kier molecular flexibility index (Phi) is 3.66. The molecular weight excluding hydrogens is 236 g/mol. The first kappa shape index (κ1) is 12.7. The molecule has 0 spiro atoms. The van der Waals surface area contributed by atoms with Crippen LogP contribution >= 0.6 is 11.8 Å². The smallest absolute Gasteiger partial charge is 0.249 e. The molecule has 2 aliphatic rings. The molecule has 4 nitrogen and oxygen atoms in total. The summed E-state index contributed by atoms with van der Waals surface area (Å²) in [5.74, 6) is 2.18. The Labute approximate surface area is 106 Å². The molecule has 96 valence electrons. The van der Waals surface area contributed by atoms with E-state index in [0.717, 1.165) is 17.9 Å². The third kappa shape index (κ3) is 2.17. The molecule has 5 heteroatoms. The Morgan fingerprint density at radius 1 is 1.41 bits per heavy atom. The lowest BCUT2D eigenvalue weighted by atomic mass is 9.88. The molecular formula is C12H20N2O2S. The van der Waals surface area contributed by atoms with Gasteiger partial charge in [-0.25, -0.2) is 0 Å². The van der Waals surface area contributed by atoms with E-state index in [9.17, 15) is 9.59 Å². The Hall–Kier alpha value is -0.710. The van der Waals surface area contributed by atoms with Gasteiger partial charge in [0.2, 0.25) is 11.8 Å². The summed E-state index contributed by atoms with van der Waals surface area (Å²) in [6.07, 6.45) is 2.36. The molecule has 0 aromatic carbocycles. The number of thioether (sulfide) groups is 1. The highest BCUT2D eigenvalue weighted by Crippen LogP contribution is 2.28. The summed E-state index contributed by atoms with van der Waals surface area (Å²) < 4.78 is 0. The molecule has 2 amide bonds. The summed E-state index contributed by atoms with van der Waals surface area (Å²) in [4.78, 5) is 26.2. The average Bonchev–Trinajstić information content (AvgIpc) is 2.85. The van der Waals surface area contributed by atoms with Gasteiger partial charge in [0.1, 0.15) is 5.54 Å². The average molecular weight is 256 g/mol. The number of rotatable bonds is 3. The second-order valence-electron chi connectivity index (χ2n) is 4.79. The zero-order valence-corrected chi connectivity index (χ0v) is 11.3. The molecule has 2 fully saturated rings. The first-order chi connectivity index (χ1) is 8.13. The van der Waals surface area contributed by atoms with E-state index >= 15 is 0 Å². The molecule has 17 heavy (non-hydrogen) atoms. The molecule has 0 aromatic rings. The Bertz CT molecular complexity index is 322. The van der Waals surface area contributed by atoms with E-state index in [1.807, 2.05) is 30.5 Å². The maximum absolute atomic E-state index is 12.5. The molecule has 1 unspecified atom stereocenters. The molecule has 0 saturated carbocycles. The van der Waals surface area contributed by atoms with E-state index in [1.54, 1.807) is 0 Å². The first-order valence-corrected chi connectivity index (χ1v) is 7.48. The van der Waals surface area contributed by atoms with Gasteiger partial charge in [0, 0.05) is 11.8 Å². The molecule has 0 radical (unpaired) electrons. The van der Waals surface area contributed by atoms with Gasteiger partial charge in [-0.1, -0.05) is 13.8 Å². The lowest BCUT2D eigenvalue weighted by molar-refractivity contribution is -0.152. The Morgan fingerprint density at radius 3 is 2.65 bits per heavy atom. The number of carbonyl (C=O) groups is 2. The normalized spacial score (nSPS) is 28.4. The van der Waals surface area contributed by atoms with Gasteiger partial charge in [0.05, 0.1) is 6.54 Å². The standard InChI is InChI=1S/C12H20N2O2S/c1-3-12(4-2)11(16)14(7-10(15)13-12)9-5-6-17-8-9/h9H,3-8H2,1-2H3,(H,13,15). The van der Waals surface area contributed by atoms with Crippen molar-refractivity contribution in [1.29, 1.82) is 0 Å². The second-order valence-corrected chi connectivity index (χ2v) is 5.94. The lowest BCUT2D eigenvalue weighted by Gasteiger charge is -2.43. The van der Waals surface area contributed by atoms with Crippen molar-refractivity contribution in [1.82, 2.24) is 10.2 Å². The Morgan fingerprint density at radius 2 is 2.12 bits per heavy atom. The number of piperazine rings is 1. The van der Waals surface area contributed by atoms with Gasteiger partial charge in [-0.05, 0) is 25.0 Å². The summed E-state index contributed by atoms with van der Waals surface area (Å²) >= 11 is 1.87. The third-order valence-electron chi connectivity index (χ3n) is 3.92. The van der Waals surface area contributed by atoms with Crippen LogP contribution in [-0.4, -0.2) is 46.3 Å². The van der Waals surface area contributed by atoms with E-state index < -0.39 is 5.54 Å². The number of hydrogen-bond donors (Lipinski definition) is 1. The van der Waals surface area contributed by atoms with Crippen molar-refractivity contribution >= 4 is 23.6 Å². The van der Waals surface area contributed by atoms with Gasteiger partial charge in [0.15, 0.2) is 0 Å². The summed E-state index contributed by atoms with van der Waals surface area (Å²) in [6.45, 7) is 4.18. The van der Waals surface area contributed by atoms with Crippen LogP contribution in [0.1, 0.15) is 33.1 Å². The minimum absolute atomic E-state index is 0.00907. The van der Waals surface area contributed by atoms with Crippen LogP contribution in [0.2, 0.25) is 0 Å². The van der Waals surface area contributed by atoms with Crippen molar-refractivity contribution < 1.29 is 9.59 Å². The molecule has 1 atom stereocenters. The highest BCUT2D eigenvalue weighted by atomic mass is 32.2. The van der Waals surface area contributed by atoms with Crippen LogP contribution in [0.15, 0.2) is 0 Å². The van der Waals surface area contributed by atoms with Gasteiger partial charge < -0.3 is 10.2 Å². The maximum atomic E-state index is 12.5. The summed E-state index contributed by atoms with van der Waals surface area (Å²) in [7, 11) is 0. The van der Waals surface area contributed by atoms with Crippen LogP contribution in [0.3, 0.4) is 0 Å². The molecule has 0 bridgehead atoms. The van der Waals surface area contributed by atoms with E-state index in [1.165, 1.54) is 0 Å². The second kappa shape index (κ2) is 4.88. The molecule has 0 aliphatic carbocycles. The SMILES string of the molecule is CCC1(CC)NC(=O)CN(C2CCSC2)C1=O. The van der Waals surface area contributed by atoms with Crippen molar-refractivity contribution in [2.24, 2.45) is 0 Å². The zero-order valence-electron chi connectivity index (χ0n) is 10.5. The Balaban J connectivity index is 2.21. The number of nitrogens with zero attached hydrogens (tertiary/aromatic N) is 1. The van der Waals surface area contributed by atoms with Gasteiger partial charge in [0.25, 0.3) is 0 Å². The van der Waals surface area contributed by atoms with Crippen molar-refractivity contribution in [3.63, 3.8) is 0 Å². The molecule has 0 aromatic heterocycles. The highest BCUT2D eigenvalue weighted by Gasteiger charge is 2.46. The van der Waals surface area contributed by atoms with Crippen LogP contribution < -0.4 is 5.32 Å². The van der Waals surface area contributed by atoms with Crippen LogP contribution in [0.4, 0.5) is 0 Å². The fourth-order valence-electron chi connectivity index (χ4n) is 2.65. The molecule has 2 saturated heterocycles. The van der Waals surface area contributed by atoms with Crippen LogP contribution in [0, 0.1) is 0 Å².